The van der Waals surface area contributed by atoms with Crippen molar-refractivity contribution in [2.24, 2.45) is 22.9 Å². The second kappa shape index (κ2) is 25.9. The quantitative estimate of drug-likeness (QED) is 0.0193. The first-order chi connectivity index (χ1) is 41.2. The number of fused-ring (bicyclic) bond motifs is 8. The number of ketones is 1. The highest BCUT2D eigenvalue weighted by atomic mass is 16.5. The molecule has 0 fully saturated rings. The van der Waals surface area contributed by atoms with E-state index in [2.05, 4.69) is 9.97 Å². The summed E-state index contributed by atoms with van der Waals surface area (Å²) in [6.45, 7) is 11.1. The Bertz CT molecular complexity index is 4030. The molecule has 21 heteroatoms. The molecule has 7 aromatic heterocycles. The van der Waals surface area contributed by atoms with Crippen LogP contribution in [-0.2, 0) is 85.9 Å². The van der Waals surface area contributed by atoms with Crippen LogP contribution in [0.4, 0.5) is 0 Å². The average molecular weight is 1150 g/mol. The van der Waals surface area contributed by atoms with E-state index < -0.39 is 35.6 Å². The maximum absolute atomic E-state index is 15.2. The third-order valence-electron chi connectivity index (χ3n) is 15.2. The highest BCUT2D eigenvalue weighted by molar-refractivity contribution is 6.26. The second-order valence-corrected chi connectivity index (χ2v) is 20.9. The lowest BCUT2D eigenvalue weighted by atomic mass is 9.94. The van der Waals surface area contributed by atoms with Crippen molar-refractivity contribution in [3.05, 3.63) is 201 Å². The zero-order chi connectivity index (χ0) is 59.9. The summed E-state index contributed by atoms with van der Waals surface area (Å²) in [6, 6.07) is 19.8. The lowest BCUT2D eigenvalue weighted by Gasteiger charge is -2.13. The van der Waals surface area contributed by atoms with Crippen LogP contribution >= 0.6 is 0 Å². The fraction of sp³-hybridized carbons (Fsp3) is 0.266. The molecule has 0 radical (unpaired) electrons. The van der Waals surface area contributed by atoms with E-state index in [9.17, 15) is 19.2 Å². The number of esters is 4. The minimum absolute atomic E-state index is 0.0209. The van der Waals surface area contributed by atoms with Crippen molar-refractivity contribution in [3.63, 3.8) is 0 Å². The molecule has 0 saturated heterocycles. The molecule has 1 atom stereocenters. The smallest absolute Gasteiger partial charge is 0.341 e. The number of aryl methyl sites for hydroxylation is 2. The van der Waals surface area contributed by atoms with Gasteiger partial charge < -0.3 is 51.9 Å². The standard InChI is InChI=1S/C64H67N12O9/c1-38-46(5-6-53(77)82-34-42-7-19-73(20-8-42)27-15-65)59-57-58(64(81)85-37-45-13-25-76(26-14-45)30-18-68)61(78)56-41(4)50(72-60(56)57)33-52-55(63(80)84-36-44-11-23-75(24-12-44)29-17-67)40(3)49(70-52)32-51-54(39(2)48(69-51)31-47(38)71-59)62(79)83-35-43-9-21-74(22-10-43)28-16-66/h5-14,19-26,31-33,58H,15-18,27-30,34-37,65-68H2,1-4H3,(H-,69,70,71,72,77,78,79,80)/q+3/p+1. The Morgan fingerprint density at radius 3 is 1.51 bits per heavy atom. The van der Waals surface area contributed by atoms with E-state index in [1.165, 1.54) is 6.08 Å². The van der Waals surface area contributed by atoms with Crippen molar-refractivity contribution in [1.29, 1.82) is 0 Å². The fourth-order valence-electron chi connectivity index (χ4n) is 10.5. The summed E-state index contributed by atoms with van der Waals surface area (Å²) in [5.74, 6) is -4.89. The van der Waals surface area contributed by atoms with E-state index in [4.69, 9.17) is 51.9 Å². The topological polar surface area (TPSA) is 299 Å². The molecule has 7 aromatic rings. The van der Waals surface area contributed by atoms with Gasteiger partial charge in [0.05, 0.1) is 71.1 Å². The minimum Gasteiger partial charge on any atom is -0.460 e. The van der Waals surface area contributed by atoms with Crippen LogP contribution in [0.1, 0.15) is 102 Å². The van der Waals surface area contributed by atoms with Crippen LogP contribution in [0.3, 0.4) is 0 Å². The molecule has 0 amide bonds. The predicted octanol–water partition coefficient (Wildman–Crippen LogP) is 4.20. The fourth-order valence-corrected chi connectivity index (χ4v) is 10.5. The van der Waals surface area contributed by atoms with Gasteiger partial charge in [0, 0.05) is 105 Å². The van der Waals surface area contributed by atoms with Gasteiger partial charge in [-0.05, 0) is 74.2 Å². The third-order valence-corrected chi connectivity index (χ3v) is 15.2. The summed E-state index contributed by atoms with van der Waals surface area (Å²) in [4.78, 5) is 90.0. The highest BCUT2D eigenvalue weighted by Crippen LogP contribution is 2.45. The van der Waals surface area contributed by atoms with Gasteiger partial charge >= 0.3 is 23.9 Å². The molecule has 8 bridgehead atoms. The average Bonchev–Trinajstić information content (AvgIpc) is 1.79. The van der Waals surface area contributed by atoms with Crippen LogP contribution in [-0.4, -0.2) is 75.8 Å². The Balaban J connectivity index is 1.14. The number of rotatable bonds is 21. The first-order valence-electron chi connectivity index (χ1n) is 28.0. The van der Waals surface area contributed by atoms with E-state index in [0.717, 1.165) is 16.7 Å². The molecule has 1 unspecified atom stereocenters. The summed E-state index contributed by atoms with van der Waals surface area (Å²) in [6.07, 6.45) is 17.7. The molecule has 3 aliphatic rings. The SMILES string of the molecule is CC1=C(C(=O)OCc2cc[n+](CCN)cc2)c2cc3[nH]c4c(c3C)C(=O)C(C(=O)OCc3cc[n+](CCN)cc3)c4c3nc(cc4[nH]c(cc1n2)c(C(=O)OCc1cc[n+](CCN)cc1)c4C)C(C)=C3/C=C/C(=O)OCc1cc[n+](CCN)cc1. The van der Waals surface area contributed by atoms with Gasteiger partial charge in [0.25, 0.3) is 0 Å². The Labute approximate surface area is 489 Å². The highest BCUT2D eigenvalue weighted by Gasteiger charge is 2.44. The number of nitrogens with one attached hydrogen (secondary N) is 2. The van der Waals surface area contributed by atoms with Crippen LogP contribution in [0.15, 0.2) is 128 Å². The van der Waals surface area contributed by atoms with E-state index >= 15 is 4.79 Å². The number of Topliss-reactive ketones (excluding diaryl/α,β-unsaturated/α-hetero) is 1. The van der Waals surface area contributed by atoms with Gasteiger partial charge in [0.1, 0.15) is 32.3 Å². The van der Waals surface area contributed by atoms with Crippen LogP contribution in [0.5, 0.6) is 0 Å². The van der Waals surface area contributed by atoms with E-state index in [1.54, 1.807) is 45.0 Å². The van der Waals surface area contributed by atoms with Crippen molar-refractivity contribution in [3.8, 4) is 0 Å². The predicted molar refractivity (Wildman–Crippen MR) is 313 cm³/mol. The number of H-pyrrole nitrogens is 2. The molecule has 10 N–H and O–H groups in total. The molecular formula is C64H68N12O9+4. The van der Waals surface area contributed by atoms with Crippen LogP contribution < -0.4 is 41.2 Å². The molecule has 21 nitrogen and oxygen atoms in total. The molecule has 85 heavy (non-hydrogen) atoms. The number of carbonyl (C=O) groups is 5. The van der Waals surface area contributed by atoms with Gasteiger partial charge in [-0.25, -0.2) is 42.6 Å². The second-order valence-electron chi connectivity index (χ2n) is 20.9. The Morgan fingerprint density at radius 2 is 0.988 bits per heavy atom. The monoisotopic (exact) mass is 1150 g/mol. The maximum atomic E-state index is 15.2. The molecule has 0 aromatic carbocycles. The lowest BCUT2D eigenvalue weighted by molar-refractivity contribution is -0.694. The van der Waals surface area contributed by atoms with Gasteiger partial charge in [-0.15, -0.1) is 0 Å². The normalized spacial score (nSPS) is 13.7. The van der Waals surface area contributed by atoms with E-state index in [0.29, 0.717) is 114 Å². The number of carbonyl (C=O) groups excluding carboxylic acids is 5. The summed E-state index contributed by atoms with van der Waals surface area (Å²) in [5, 5.41) is 0. The number of aromatic amines is 2. The van der Waals surface area contributed by atoms with Gasteiger partial charge in [0.2, 0.25) is 0 Å². The number of nitrogens with two attached hydrogens (primary N) is 4. The Kier molecular flexibility index (Phi) is 17.8. The van der Waals surface area contributed by atoms with Crippen LogP contribution in [0.2, 0.25) is 0 Å². The Morgan fingerprint density at radius 1 is 0.541 bits per heavy atom. The molecule has 10 rings (SSSR count). The zero-order valence-electron chi connectivity index (χ0n) is 47.9. The van der Waals surface area contributed by atoms with Gasteiger partial charge in [0.15, 0.2) is 81.5 Å². The minimum atomic E-state index is -1.52. The Hall–Kier alpha value is -9.67. The van der Waals surface area contributed by atoms with E-state index in [1.807, 2.05) is 123 Å². The molecule has 2 aliphatic heterocycles. The summed E-state index contributed by atoms with van der Waals surface area (Å²) >= 11 is 0. The third kappa shape index (κ3) is 12.6. The van der Waals surface area contributed by atoms with Crippen molar-refractivity contribution >= 4 is 74.0 Å². The van der Waals surface area contributed by atoms with Crippen molar-refractivity contribution in [2.45, 2.75) is 86.2 Å². The van der Waals surface area contributed by atoms with Crippen molar-refractivity contribution in [2.75, 3.05) is 26.2 Å². The van der Waals surface area contributed by atoms with Gasteiger partial charge in [-0.2, -0.15) is 0 Å². The maximum Gasteiger partial charge on any atom is 0.341 e. The first-order valence-corrected chi connectivity index (χ1v) is 28.0. The number of ether oxygens (including phenoxy) is 4. The number of nitrogens with zero attached hydrogens (tertiary/aromatic N) is 6. The van der Waals surface area contributed by atoms with Crippen LogP contribution in [0.25, 0.3) is 44.4 Å². The number of hydrogen-bond donors (Lipinski definition) is 6. The summed E-state index contributed by atoms with van der Waals surface area (Å²) in [7, 11) is 0. The number of pyridine rings is 4. The molecule has 1 aliphatic carbocycles. The lowest BCUT2D eigenvalue weighted by Crippen LogP contribution is -2.36. The summed E-state index contributed by atoms with van der Waals surface area (Å²) in [5.41, 5.74) is 31.6. The van der Waals surface area contributed by atoms with Crippen LogP contribution in [0, 0.1) is 13.8 Å². The molecule has 9 heterocycles. The largest absolute Gasteiger partial charge is 0.460 e. The summed E-state index contributed by atoms with van der Waals surface area (Å²) < 4.78 is 31.4. The molecule has 434 valence electrons. The van der Waals surface area contributed by atoms with Crippen molar-refractivity contribution < 1.29 is 61.2 Å². The molecule has 0 spiro atoms. The van der Waals surface area contributed by atoms with Gasteiger partial charge in [-0.3, -0.25) is 9.59 Å². The molecular weight excluding hydrogens is 1080 g/mol. The number of allylic oxidation sites excluding steroid dienone is 4. The first kappa shape index (κ1) is 58.5. The zero-order valence-corrected chi connectivity index (χ0v) is 47.9. The van der Waals surface area contributed by atoms with Gasteiger partial charge in [-0.1, -0.05) is 0 Å². The van der Waals surface area contributed by atoms with E-state index in [-0.39, 0.29) is 65.6 Å². The number of hydrogen-bond acceptors (Lipinski definition) is 15. The number of aromatic nitrogens is 8. The molecule has 0 saturated carbocycles. The van der Waals surface area contributed by atoms with Crippen molar-refractivity contribution in [1.82, 2.24) is 19.9 Å².